The van der Waals surface area contributed by atoms with Gasteiger partial charge in [-0.3, -0.25) is 4.79 Å². The fourth-order valence-corrected chi connectivity index (χ4v) is 5.08. The minimum atomic E-state index is -2.38. The first-order valence-corrected chi connectivity index (χ1v) is 12.4. The molecule has 0 spiro atoms. The number of likely N-dealkylation sites (N-methyl/N-ethyl adjacent to an activating group) is 1. The molecule has 0 radical (unpaired) electrons. The second-order valence-electron chi connectivity index (χ2n) is 9.89. The minimum absolute atomic E-state index is 0.140. The van der Waals surface area contributed by atoms with Crippen LogP contribution in [0.2, 0.25) is 0 Å². The molecule has 16 N–H and O–H groups in total. The number of nitrogens with zero attached hydrogens (tertiary/aromatic N) is 2. The van der Waals surface area contributed by atoms with Crippen molar-refractivity contribution < 1.29 is 59.5 Å². The molecule has 3 fully saturated rings. The molecule has 40 heavy (non-hydrogen) atoms. The molecule has 0 amide bonds. The van der Waals surface area contributed by atoms with Gasteiger partial charge in [-0.15, -0.1) is 0 Å². The molecule has 0 bridgehead atoms. The third-order valence-electron chi connectivity index (χ3n) is 7.34. The Balaban J connectivity index is 1.96. The first-order chi connectivity index (χ1) is 18.7. The van der Waals surface area contributed by atoms with Crippen LogP contribution in [0, 0.1) is 0 Å². The molecular formula is C21H39N7O12. The van der Waals surface area contributed by atoms with E-state index in [4.69, 9.17) is 41.9 Å². The number of carbonyl (C=O) groups excluding carboxylic acids is 1. The highest BCUT2D eigenvalue weighted by atomic mass is 16.8. The standard InChI is InChI=1S/C21H39N7O12/c1-5-21(36,4-30)16(40-17-9(26-2)13(34)10(31)6(3-29)38-17)18(37-5)39-15-8(28-20(24)25)11(32)7(27-19(22)23)12(33)14(15)35/h4-18,26,29,31-36H,3H2,1-2H3,(H4,22,23,27)(H4,24,25,28)/t5-,6-,7+,8-,9-,10-,11+,12-,13-,14-,15+,16-,17-,18-,21+/m0/s1. The van der Waals surface area contributed by atoms with E-state index in [1.807, 2.05) is 0 Å². The van der Waals surface area contributed by atoms with Crippen molar-refractivity contribution in [2.45, 2.75) is 98.2 Å². The highest BCUT2D eigenvalue weighted by molar-refractivity contribution is 5.76. The van der Waals surface area contributed by atoms with Crippen molar-refractivity contribution in [1.82, 2.24) is 5.32 Å². The Morgan fingerprint density at radius 3 is 2.02 bits per heavy atom. The number of hydrogen-bond donors (Lipinski definition) is 12. The Morgan fingerprint density at radius 1 is 0.900 bits per heavy atom. The zero-order chi connectivity index (χ0) is 30.1. The highest BCUT2D eigenvalue weighted by Gasteiger charge is 2.60. The average Bonchev–Trinajstić information content (AvgIpc) is 3.13. The summed E-state index contributed by atoms with van der Waals surface area (Å²) in [7, 11) is 1.42. The first kappa shape index (κ1) is 32.2. The Labute approximate surface area is 228 Å². The zero-order valence-electron chi connectivity index (χ0n) is 21.7. The number of ether oxygens (including phenoxy) is 4. The molecule has 15 atom stereocenters. The molecule has 3 rings (SSSR count). The number of aliphatic hydroxyl groups is 7. The van der Waals surface area contributed by atoms with Gasteiger partial charge in [0.2, 0.25) is 0 Å². The summed E-state index contributed by atoms with van der Waals surface area (Å²) in [6.07, 6.45) is -17.3. The van der Waals surface area contributed by atoms with Gasteiger partial charge in [-0.05, 0) is 14.0 Å². The normalized spacial score (nSPS) is 47.4. The number of nitrogens with two attached hydrogens (primary N) is 4. The van der Waals surface area contributed by atoms with Crippen LogP contribution in [0.3, 0.4) is 0 Å². The van der Waals surface area contributed by atoms with E-state index in [9.17, 15) is 40.5 Å². The van der Waals surface area contributed by atoms with Gasteiger partial charge >= 0.3 is 0 Å². The summed E-state index contributed by atoms with van der Waals surface area (Å²) < 4.78 is 22.9. The van der Waals surface area contributed by atoms with E-state index in [-0.39, 0.29) is 6.29 Å². The molecule has 1 saturated carbocycles. The summed E-state index contributed by atoms with van der Waals surface area (Å²) in [6.45, 7) is 0.620. The lowest BCUT2D eigenvalue weighted by Crippen LogP contribution is -2.66. The minimum Gasteiger partial charge on any atom is -0.394 e. The van der Waals surface area contributed by atoms with Gasteiger partial charge in [0, 0.05) is 0 Å². The van der Waals surface area contributed by atoms with Crippen LogP contribution in [0.1, 0.15) is 6.92 Å². The van der Waals surface area contributed by atoms with Gasteiger partial charge in [0.1, 0.15) is 60.9 Å². The quantitative estimate of drug-likeness (QED) is 0.0682. The summed E-state index contributed by atoms with van der Waals surface area (Å²) in [4.78, 5) is 19.7. The molecule has 0 aromatic heterocycles. The predicted molar refractivity (Wildman–Crippen MR) is 133 cm³/mol. The summed E-state index contributed by atoms with van der Waals surface area (Å²) in [6, 6.07) is -4.08. The second kappa shape index (κ2) is 12.7. The Hall–Kier alpha value is -2.27. The fourth-order valence-electron chi connectivity index (χ4n) is 5.08. The zero-order valence-corrected chi connectivity index (χ0v) is 21.7. The van der Waals surface area contributed by atoms with Gasteiger partial charge in [0.05, 0.1) is 18.8 Å². The van der Waals surface area contributed by atoms with Gasteiger partial charge in [0.25, 0.3) is 0 Å². The Kier molecular flexibility index (Phi) is 10.2. The maximum Gasteiger partial charge on any atom is 0.188 e. The van der Waals surface area contributed by atoms with Gasteiger partial charge in [-0.25, -0.2) is 9.98 Å². The van der Waals surface area contributed by atoms with Crippen LogP contribution in [0.15, 0.2) is 9.98 Å². The van der Waals surface area contributed by atoms with Crippen molar-refractivity contribution in [3.8, 4) is 0 Å². The maximum absolute atomic E-state index is 12.1. The van der Waals surface area contributed by atoms with E-state index < -0.39 is 110 Å². The van der Waals surface area contributed by atoms with Crippen molar-refractivity contribution in [3.63, 3.8) is 0 Å². The molecule has 3 aliphatic rings. The van der Waals surface area contributed by atoms with Crippen LogP contribution >= 0.6 is 0 Å². The summed E-state index contributed by atoms with van der Waals surface area (Å²) in [5.74, 6) is -1.03. The van der Waals surface area contributed by atoms with E-state index >= 15 is 0 Å². The van der Waals surface area contributed by atoms with Crippen LogP contribution in [-0.4, -0.2) is 159 Å². The third-order valence-corrected chi connectivity index (χ3v) is 7.34. The van der Waals surface area contributed by atoms with Crippen molar-refractivity contribution in [2.75, 3.05) is 13.7 Å². The van der Waals surface area contributed by atoms with Gasteiger partial charge in [0.15, 0.2) is 36.4 Å². The van der Waals surface area contributed by atoms with Crippen molar-refractivity contribution in [2.24, 2.45) is 32.9 Å². The van der Waals surface area contributed by atoms with Gasteiger partial charge in [-0.2, -0.15) is 0 Å². The van der Waals surface area contributed by atoms with Crippen LogP contribution in [0.4, 0.5) is 0 Å². The number of carbonyl (C=O) groups is 1. The molecule has 19 heteroatoms. The number of hydrogen-bond acceptors (Lipinski definition) is 15. The van der Waals surface area contributed by atoms with Crippen LogP contribution in [0.25, 0.3) is 0 Å². The largest absolute Gasteiger partial charge is 0.394 e. The van der Waals surface area contributed by atoms with Crippen molar-refractivity contribution >= 4 is 18.2 Å². The lowest BCUT2D eigenvalue weighted by molar-refractivity contribution is -0.314. The second-order valence-corrected chi connectivity index (χ2v) is 9.89. The molecule has 1 aliphatic carbocycles. The molecule has 19 nitrogen and oxygen atoms in total. The number of aliphatic imine (C=N–C) groups is 2. The third kappa shape index (κ3) is 6.00. The monoisotopic (exact) mass is 581 g/mol. The topological polar surface area (TPSA) is 336 Å². The lowest BCUT2D eigenvalue weighted by Gasteiger charge is -2.45. The smallest absolute Gasteiger partial charge is 0.188 e. The highest BCUT2D eigenvalue weighted by Crippen LogP contribution is 2.38. The molecule has 0 aromatic rings. The summed E-state index contributed by atoms with van der Waals surface area (Å²) in [5, 5.41) is 76.6. The molecule has 2 aliphatic heterocycles. The van der Waals surface area contributed by atoms with Crippen molar-refractivity contribution in [1.29, 1.82) is 0 Å². The lowest BCUT2D eigenvalue weighted by atomic mass is 9.81. The molecular weight excluding hydrogens is 542 g/mol. The number of guanidine groups is 2. The van der Waals surface area contributed by atoms with E-state index in [2.05, 4.69) is 15.3 Å². The van der Waals surface area contributed by atoms with E-state index in [1.165, 1.54) is 14.0 Å². The number of nitrogens with one attached hydrogen (secondary N) is 1. The van der Waals surface area contributed by atoms with E-state index in [1.54, 1.807) is 0 Å². The summed E-state index contributed by atoms with van der Waals surface area (Å²) >= 11 is 0. The maximum atomic E-state index is 12.1. The van der Waals surface area contributed by atoms with E-state index in [0.717, 1.165) is 0 Å². The SMILES string of the molecule is CN[C@@H]1[C@H](O[C@H]2[C@H](O[C@H]3[C@@H](O)[C@@H](O)[C@H](N=C(N)N)[C@@H](O)[C@@H]3N=C(N)N)O[C@@H](C)[C@]2(O)C=O)O[C@@H](CO)[C@H](O)[C@H]1O. The van der Waals surface area contributed by atoms with Crippen LogP contribution < -0.4 is 28.3 Å². The Morgan fingerprint density at radius 2 is 1.50 bits per heavy atom. The van der Waals surface area contributed by atoms with Gasteiger partial charge in [-0.1, -0.05) is 0 Å². The Bertz CT molecular complexity index is 940. The fraction of sp³-hybridized carbons (Fsp3) is 0.857. The molecule has 0 aromatic carbocycles. The van der Waals surface area contributed by atoms with Crippen molar-refractivity contribution in [3.05, 3.63) is 0 Å². The predicted octanol–water partition coefficient (Wildman–Crippen LogP) is -8.16. The summed E-state index contributed by atoms with van der Waals surface area (Å²) in [5.41, 5.74) is 19.4. The van der Waals surface area contributed by atoms with Crippen LogP contribution in [0.5, 0.6) is 0 Å². The average molecular weight is 582 g/mol. The molecule has 2 saturated heterocycles. The number of aliphatic hydroxyl groups excluding tert-OH is 6. The number of rotatable bonds is 9. The van der Waals surface area contributed by atoms with Gasteiger partial charge < -0.3 is 82.9 Å². The molecule has 230 valence electrons. The van der Waals surface area contributed by atoms with E-state index in [0.29, 0.717) is 0 Å². The molecule has 2 heterocycles. The molecule has 0 unspecified atom stereocenters. The number of aldehydes is 1. The first-order valence-electron chi connectivity index (χ1n) is 12.4. The van der Waals surface area contributed by atoms with Crippen LogP contribution in [-0.2, 0) is 23.7 Å².